The van der Waals surface area contributed by atoms with Crippen LogP contribution in [0, 0.1) is 10.1 Å². The second-order valence-electron chi connectivity index (χ2n) is 4.30. The number of para-hydroxylation sites is 1. The van der Waals surface area contributed by atoms with Crippen molar-refractivity contribution >= 4 is 17.3 Å². The van der Waals surface area contributed by atoms with Crippen LogP contribution in [-0.2, 0) is 0 Å². The van der Waals surface area contributed by atoms with Crippen molar-refractivity contribution in [3.63, 3.8) is 0 Å². The van der Waals surface area contributed by atoms with Crippen LogP contribution in [0.4, 0.5) is 5.69 Å². The van der Waals surface area contributed by atoms with Crippen molar-refractivity contribution in [2.45, 2.75) is 13.0 Å². The highest BCUT2D eigenvalue weighted by Crippen LogP contribution is 2.35. The Hall–Kier alpha value is -2.11. The number of ether oxygens (including phenoxy) is 1. The van der Waals surface area contributed by atoms with Crippen molar-refractivity contribution in [1.29, 1.82) is 0 Å². The average molecular weight is 293 g/mol. The van der Waals surface area contributed by atoms with Gasteiger partial charge >= 0.3 is 5.69 Å². The minimum Gasteiger partial charge on any atom is -0.450 e. The van der Waals surface area contributed by atoms with Crippen LogP contribution in [0.5, 0.6) is 11.5 Å². The molecule has 0 heterocycles. The average Bonchev–Trinajstić information content (AvgIpc) is 2.41. The third-order valence-corrected chi connectivity index (χ3v) is 2.98. The molecule has 0 saturated carbocycles. The lowest BCUT2D eigenvalue weighted by atomic mass is 10.1. The van der Waals surface area contributed by atoms with Gasteiger partial charge in [0.15, 0.2) is 0 Å². The van der Waals surface area contributed by atoms with Crippen molar-refractivity contribution in [3.05, 3.63) is 63.2 Å². The first-order chi connectivity index (χ1) is 9.49. The van der Waals surface area contributed by atoms with Gasteiger partial charge in [0.05, 0.1) is 4.92 Å². The highest BCUT2D eigenvalue weighted by Gasteiger charge is 2.18. The minimum absolute atomic E-state index is 0.132. The molecule has 104 valence electrons. The Morgan fingerprint density at radius 1 is 1.25 bits per heavy atom. The fraction of sp³-hybridized carbons (Fsp3) is 0.143. The highest BCUT2D eigenvalue weighted by atomic mass is 35.5. The molecule has 0 aliphatic carbocycles. The predicted octanol–water partition coefficient (Wildman–Crippen LogP) is 4.06. The standard InChI is InChI=1S/C14H13ClN2O3/c1-9(16)11-4-2-3-5-13(11)20-14-7-6-10(15)8-12(14)17(18)19/h2-9H,16H2,1H3/t9-/m0/s1. The maximum Gasteiger partial charge on any atom is 0.313 e. The van der Waals surface area contributed by atoms with E-state index < -0.39 is 4.92 Å². The van der Waals surface area contributed by atoms with E-state index in [2.05, 4.69) is 0 Å². The van der Waals surface area contributed by atoms with Gasteiger partial charge in [-0.1, -0.05) is 29.8 Å². The van der Waals surface area contributed by atoms with Crippen LogP contribution >= 0.6 is 11.6 Å². The molecule has 0 saturated heterocycles. The number of nitro groups is 1. The molecule has 20 heavy (non-hydrogen) atoms. The Bertz CT molecular complexity index is 644. The first kappa shape index (κ1) is 14.3. The van der Waals surface area contributed by atoms with Gasteiger partial charge in [0, 0.05) is 22.7 Å². The fourth-order valence-corrected chi connectivity index (χ4v) is 1.95. The van der Waals surface area contributed by atoms with Gasteiger partial charge in [0.25, 0.3) is 0 Å². The molecule has 0 bridgehead atoms. The van der Waals surface area contributed by atoms with Crippen LogP contribution in [0.1, 0.15) is 18.5 Å². The largest absolute Gasteiger partial charge is 0.450 e. The summed E-state index contributed by atoms with van der Waals surface area (Å²) in [5, 5.41) is 11.3. The van der Waals surface area contributed by atoms with E-state index in [9.17, 15) is 10.1 Å². The molecule has 0 aliphatic heterocycles. The highest BCUT2D eigenvalue weighted by molar-refractivity contribution is 6.30. The van der Waals surface area contributed by atoms with Gasteiger partial charge in [-0.3, -0.25) is 10.1 Å². The van der Waals surface area contributed by atoms with Crippen LogP contribution in [0.2, 0.25) is 5.02 Å². The molecule has 0 unspecified atom stereocenters. The Balaban J connectivity index is 2.43. The van der Waals surface area contributed by atoms with Gasteiger partial charge in [0.2, 0.25) is 5.75 Å². The molecular weight excluding hydrogens is 280 g/mol. The molecule has 0 radical (unpaired) electrons. The van der Waals surface area contributed by atoms with Crippen molar-refractivity contribution in [2.24, 2.45) is 5.73 Å². The summed E-state index contributed by atoms with van der Waals surface area (Å²) in [5.41, 5.74) is 6.45. The Morgan fingerprint density at radius 3 is 2.60 bits per heavy atom. The molecule has 2 rings (SSSR count). The zero-order valence-corrected chi connectivity index (χ0v) is 11.5. The number of rotatable bonds is 4. The smallest absolute Gasteiger partial charge is 0.313 e. The van der Waals surface area contributed by atoms with Crippen molar-refractivity contribution in [2.75, 3.05) is 0 Å². The monoisotopic (exact) mass is 292 g/mol. The number of nitrogens with zero attached hydrogens (tertiary/aromatic N) is 1. The second-order valence-corrected chi connectivity index (χ2v) is 4.73. The van der Waals surface area contributed by atoms with E-state index in [0.29, 0.717) is 5.75 Å². The van der Waals surface area contributed by atoms with Crippen LogP contribution in [0.15, 0.2) is 42.5 Å². The number of hydrogen-bond donors (Lipinski definition) is 1. The Kier molecular flexibility index (Phi) is 4.22. The van der Waals surface area contributed by atoms with Crippen molar-refractivity contribution < 1.29 is 9.66 Å². The normalized spacial score (nSPS) is 11.9. The van der Waals surface area contributed by atoms with E-state index in [0.717, 1.165) is 5.56 Å². The van der Waals surface area contributed by atoms with Crippen LogP contribution < -0.4 is 10.5 Å². The van der Waals surface area contributed by atoms with E-state index in [1.165, 1.54) is 12.1 Å². The molecule has 0 aromatic heterocycles. The number of hydrogen-bond acceptors (Lipinski definition) is 4. The van der Waals surface area contributed by atoms with E-state index >= 15 is 0 Å². The summed E-state index contributed by atoms with van der Waals surface area (Å²) in [7, 11) is 0. The van der Waals surface area contributed by atoms with Gasteiger partial charge in [-0.15, -0.1) is 0 Å². The summed E-state index contributed by atoms with van der Waals surface area (Å²) in [5.74, 6) is 0.625. The lowest BCUT2D eigenvalue weighted by Gasteiger charge is -2.13. The molecule has 1 atom stereocenters. The Labute approximate surface area is 121 Å². The lowest BCUT2D eigenvalue weighted by molar-refractivity contribution is -0.385. The van der Waals surface area contributed by atoms with Gasteiger partial charge in [-0.25, -0.2) is 0 Å². The van der Waals surface area contributed by atoms with Crippen molar-refractivity contribution in [3.8, 4) is 11.5 Å². The number of nitrogens with two attached hydrogens (primary N) is 1. The molecule has 6 heteroatoms. The topological polar surface area (TPSA) is 78.4 Å². The van der Waals surface area contributed by atoms with E-state index in [1.54, 1.807) is 18.2 Å². The number of halogens is 1. The SMILES string of the molecule is C[C@H](N)c1ccccc1Oc1ccc(Cl)cc1[N+](=O)[O-]. The van der Waals surface area contributed by atoms with E-state index in [4.69, 9.17) is 22.1 Å². The van der Waals surface area contributed by atoms with Gasteiger partial charge in [-0.2, -0.15) is 0 Å². The molecule has 5 nitrogen and oxygen atoms in total. The van der Waals surface area contributed by atoms with E-state index in [-0.39, 0.29) is 22.5 Å². The minimum atomic E-state index is -0.532. The zero-order valence-electron chi connectivity index (χ0n) is 10.7. The molecule has 0 aliphatic rings. The number of benzene rings is 2. The van der Waals surface area contributed by atoms with Crippen LogP contribution in [0.3, 0.4) is 0 Å². The molecule has 2 aromatic rings. The maximum atomic E-state index is 11.0. The van der Waals surface area contributed by atoms with Gasteiger partial charge in [0.1, 0.15) is 5.75 Å². The molecule has 0 fully saturated rings. The van der Waals surface area contributed by atoms with Crippen LogP contribution in [-0.4, -0.2) is 4.92 Å². The fourth-order valence-electron chi connectivity index (χ4n) is 1.79. The zero-order chi connectivity index (χ0) is 14.7. The molecule has 2 aromatic carbocycles. The summed E-state index contributed by atoms with van der Waals surface area (Å²) >= 11 is 5.77. The summed E-state index contributed by atoms with van der Waals surface area (Å²) in [6, 6.07) is 11.2. The maximum absolute atomic E-state index is 11.0. The molecular formula is C14H13ClN2O3. The van der Waals surface area contributed by atoms with Gasteiger partial charge < -0.3 is 10.5 Å². The molecule has 0 spiro atoms. The summed E-state index contributed by atoms with van der Waals surface area (Å²) in [6.07, 6.45) is 0. The van der Waals surface area contributed by atoms with Gasteiger partial charge in [-0.05, 0) is 25.1 Å². The second kappa shape index (κ2) is 5.90. The summed E-state index contributed by atoms with van der Waals surface area (Å²) in [4.78, 5) is 10.5. The lowest BCUT2D eigenvalue weighted by Crippen LogP contribution is -2.06. The first-order valence-electron chi connectivity index (χ1n) is 5.95. The third kappa shape index (κ3) is 3.07. The van der Waals surface area contributed by atoms with E-state index in [1.807, 2.05) is 19.1 Å². The summed E-state index contributed by atoms with van der Waals surface area (Å²) < 4.78 is 5.64. The molecule has 0 amide bonds. The third-order valence-electron chi connectivity index (χ3n) is 2.75. The number of nitro benzene ring substituents is 1. The first-order valence-corrected chi connectivity index (χ1v) is 6.33. The molecule has 2 N–H and O–H groups in total. The van der Waals surface area contributed by atoms with Crippen molar-refractivity contribution in [1.82, 2.24) is 0 Å². The quantitative estimate of drug-likeness (QED) is 0.681. The Morgan fingerprint density at radius 2 is 1.95 bits per heavy atom. The van der Waals surface area contributed by atoms with Crippen LogP contribution in [0.25, 0.3) is 0 Å². The summed E-state index contributed by atoms with van der Waals surface area (Å²) in [6.45, 7) is 1.82. The predicted molar refractivity (Wildman–Crippen MR) is 77.2 cm³/mol.